The lowest BCUT2D eigenvalue weighted by Crippen LogP contribution is -2.34. The summed E-state index contributed by atoms with van der Waals surface area (Å²) in [6, 6.07) is 10.7. The zero-order chi connectivity index (χ0) is 17.5. The third-order valence-electron chi connectivity index (χ3n) is 3.56. The summed E-state index contributed by atoms with van der Waals surface area (Å²) < 4.78 is 12.1. The molecule has 1 heterocycles. The van der Waals surface area contributed by atoms with Gasteiger partial charge >= 0.3 is 0 Å². The number of ether oxygens (including phenoxy) is 2. The Morgan fingerprint density at radius 1 is 1.17 bits per heavy atom. The molecule has 128 valence electrons. The van der Waals surface area contributed by atoms with Crippen LogP contribution < -0.4 is 20.3 Å². The minimum Gasteiger partial charge on any atom is -0.496 e. The number of aryl methyl sites for hydroxylation is 2. The van der Waals surface area contributed by atoms with Crippen LogP contribution in [0.15, 0.2) is 41.2 Å². The standard InChI is InChI=1S/C18H22N2O4/c1-13-5-4-6-15(9-13)24-12-17(21)19-7-8-20-14(2)10-16(23-3)11-18(20)22/h4-6,9-11H,7-8,12H2,1-3H3,(H,19,21). The molecule has 0 aliphatic rings. The molecule has 0 fully saturated rings. The van der Waals surface area contributed by atoms with Crippen molar-refractivity contribution in [2.75, 3.05) is 20.3 Å². The fourth-order valence-electron chi connectivity index (χ4n) is 2.32. The van der Waals surface area contributed by atoms with Crippen LogP contribution in [0.4, 0.5) is 0 Å². The third kappa shape index (κ3) is 4.87. The normalized spacial score (nSPS) is 10.3. The van der Waals surface area contributed by atoms with E-state index in [0.29, 0.717) is 24.6 Å². The van der Waals surface area contributed by atoms with Gasteiger partial charge in [-0.2, -0.15) is 0 Å². The molecule has 0 saturated heterocycles. The molecular formula is C18H22N2O4. The van der Waals surface area contributed by atoms with Crippen molar-refractivity contribution in [2.24, 2.45) is 0 Å². The van der Waals surface area contributed by atoms with Gasteiger partial charge in [-0.3, -0.25) is 9.59 Å². The smallest absolute Gasteiger partial charge is 0.258 e. The van der Waals surface area contributed by atoms with E-state index in [1.54, 1.807) is 16.7 Å². The first-order valence-corrected chi connectivity index (χ1v) is 7.71. The van der Waals surface area contributed by atoms with E-state index in [1.165, 1.54) is 13.2 Å². The van der Waals surface area contributed by atoms with E-state index >= 15 is 0 Å². The van der Waals surface area contributed by atoms with Crippen LogP contribution in [0.1, 0.15) is 11.3 Å². The molecule has 0 atom stereocenters. The van der Waals surface area contributed by atoms with E-state index in [9.17, 15) is 9.59 Å². The topological polar surface area (TPSA) is 69.6 Å². The number of nitrogens with zero attached hydrogens (tertiary/aromatic N) is 1. The quantitative estimate of drug-likeness (QED) is 0.838. The number of carbonyl (C=O) groups is 1. The maximum absolute atomic E-state index is 12.0. The van der Waals surface area contributed by atoms with Gasteiger partial charge in [0.05, 0.1) is 7.11 Å². The molecule has 0 radical (unpaired) electrons. The lowest BCUT2D eigenvalue weighted by molar-refractivity contribution is -0.123. The number of nitrogens with one attached hydrogen (secondary N) is 1. The Hall–Kier alpha value is -2.76. The Balaban J connectivity index is 1.82. The van der Waals surface area contributed by atoms with E-state index in [0.717, 1.165) is 11.3 Å². The van der Waals surface area contributed by atoms with Gasteiger partial charge in [0.2, 0.25) is 0 Å². The van der Waals surface area contributed by atoms with Gasteiger partial charge in [0.15, 0.2) is 6.61 Å². The number of pyridine rings is 1. The van der Waals surface area contributed by atoms with Gasteiger partial charge in [0.1, 0.15) is 11.5 Å². The van der Waals surface area contributed by atoms with Gasteiger partial charge in [0, 0.05) is 24.8 Å². The third-order valence-corrected chi connectivity index (χ3v) is 3.56. The second kappa shape index (κ2) is 8.19. The molecule has 6 nitrogen and oxygen atoms in total. The van der Waals surface area contributed by atoms with Gasteiger partial charge < -0.3 is 19.4 Å². The largest absolute Gasteiger partial charge is 0.496 e. The average Bonchev–Trinajstić information content (AvgIpc) is 2.55. The van der Waals surface area contributed by atoms with Crippen LogP contribution in [0, 0.1) is 13.8 Å². The summed E-state index contributed by atoms with van der Waals surface area (Å²) in [7, 11) is 1.52. The summed E-state index contributed by atoms with van der Waals surface area (Å²) in [5, 5.41) is 2.74. The van der Waals surface area contributed by atoms with E-state index in [1.807, 2.05) is 32.0 Å². The van der Waals surface area contributed by atoms with Crippen LogP contribution in [-0.2, 0) is 11.3 Å². The van der Waals surface area contributed by atoms with Crippen LogP contribution in [-0.4, -0.2) is 30.7 Å². The lowest BCUT2D eigenvalue weighted by Gasteiger charge is -2.12. The Morgan fingerprint density at radius 2 is 1.96 bits per heavy atom. The second-order valence-electron chi connectivity index (χ2n) is 5.48. The molecule has 1 N–H and O–H groups in total. The van der Waals surface area contributed by atoms with Gasteiger partial charge in [-0.25, -0.2) is 0 Å². The molecule has 0 aliphatic carbocycles. The zero-order valence-corrected chi connectivity index (χ0v) is 14.2. The highest BCUT2D eigenvalue weighted by Crippen LogP contribution is 2.12. The predicted octanol–water partition coefficient (Wildman–Crippen LogP) is 1.67. The Morgan fingerprint density at radius 3 is 2.62 bits per heavy atom. The molecule has 2 rings (SSSR count). The molecule has 0 spiro atoms. The minimum atomic E-state index is -0.226. The van der Waals surface area contributed by atoms with Crippen LogP contribution in [0.2, 0.25) is 0 Å². The predicted molar refractivity (Wildman–Crippen MR) is 91.7 cm³/mol. The van der Waals surface area contributed by atoms with Crippen molar-refractivity contribution < 1.29 is 14.3 Å². The minimum absolute atomic E-state index is 0.0556. The Labute approximate surface area is 141 Å². The monoisotopic (exact) mass is 330 g/mol. The average molecular weight is 330 g/mol. The molecule has 0 bridgehead atoms. The number of carbonyl (C=O) groups excluding carboxylic acids is 1. The van der Waals surface area contributed by atoms with E-state index in [2.05, 4.69) is 5.32 Å². The fraction of sp³-hybridized carbons (Fsp3) is 0.333. The van der Waals surface area contributed by atoms with E-state index < -0.39 is 0 Å². The SMILES string of the molecule is COc1cc(C)n(CCNC(=O)COc2cccc(C)c2)c(=O)c1. The van der Waals surface area contributed by atoms with Crippen LogP contribution in [0.25, 0.3) is 0 Å². The number of aromatic nitrogens is 1. The van der Waals surface area contributed by atoms with Crippen molar-refractivity contribution in [1.82, 2.24) is 9.88 Å². The maximum Gasteiger partial charge on any atom is 0.258 e. The molecule has 1 aromatic carbocycles. The molecule has 0 aliphatic heterocycles. The number of hydrogen-bond donors (Lipinski definition) is 1. The number of hydrogen-bond acceptors (Lipinski definition) is 4. The summed E-state index contributed by atoms with van der Waals surface area (Å²) in [6.07, 6.45) is 0. The zero-order valence-electron chi connectivity index (χ0n) is 14.2. The van der Waals surface area contributed by atoms with E-state index in [-0.39, 0.29) is 18.1 Å². The summed E-state index contributed by atoms with van der Waals surface area (Å²) in [5.41, 5.74) is 1.70. The van der Waals surface area contributed by atoms with Gasteiger partial charge in [-0.05, 0) is 37.6 Å². The van der Waals surface area contributed by atoms with Crippen molar-refractivity contribution in [1.29, 1.82) is 0 Å². The van der Waals surface area contributed by atoms with Crippen molar-refractivity contribution in [3.8, 4) is 11.5 Å². The highest BCUT2D eigenvalue weighted by atomic mass is 16.5. The molecule has 0 unspecified atom stereocenters. The molecule has 24 heavy (non-hydrogen) atoms. The van der Waals surface area contributed by atoms with Gasteiger partial charge in [-0.1, -0.05) is 12.1 Å². The molecule has 6 heteroatoms. The van der Waals surface area contributed by atoms with Crippen molar-refractivity contribution in [2.45, 2.75) is 20.4 Å². The first kappa shape index (κ1) is 17.6. The molecule has 1 aromatic heterocycles. The Bertz CT molecular complexity index is 768. The summed E-state index contributed by atoms with van der Waals surface area (Å²) in [5.74, 6) is 0.965. The van der Waals surface area contributed by atoms with Crippen LogP contribution in [0.5, 0.6) is 11.5 Å². The maximum atomic E-state index is 12.0. The number of rotatable bonds is 7. The van der Waals surface area contributed by atoms with E-state index in [4.69, 9.17) is 9.47 Å². The number of amides is 1. The lowest BCUT2D eigenvalue weighted by atomic mass is 10.2. The first-order chi connectivity index (χ1) is 11.5. The summed E-state index contributed by atoms with van der Waals surface area (Å²) >= 11 is 0. The molecule has 1 amide bonds. The van der Waals surface area contributed by atoms with Gasteiger partial charge in [-0.15, -0.1) is 0 Å². The van der Waals surface area contributed by atoms with Crippen molar-refractivity contribution in [3.05, 3.63) is 58.0 Å². The molecular weight excluding hydrogens is 308 g/mol. The molecule has 0 saturated carbocycles. The second-order valence-corrected chi connectivity index (χ2v) is 5.48. The summed E-state index contributed by atoms with van der Waals surface area (Å²) in [6.45, 7) is 4.47. The van der Waals surface area contributed by atoms with Crippen molar-refractivity contribution in [3.63, 3.8) is 0 Å². The van der Waals surface area contributed by atoms with Crippen LogP contribution in [0.3, 0.4) is 0 Å². The van der Waals surface area contributed by atoms with Gasteiger partial charge in [0.25, 0.3) is 11.5 Å². The fourth-order valence-corrected chi connectivity index (χ4v) is 2.32. The summed E-state index contributed by atoms with van der Waals surface area (Å²) in [4.78, 5) is 23.8. The Kier molecular flexibility index (Phi) is 6.01. The highest BCUT2D eigenvalue weighted by Gasteiger charge is 2.06. The van der Waals surface area contributed by atoms with Crippen molar-refractivity contribution >= 4 is 5.91 Å². The highest BCUT2D eigenvalue weighted by molar-refractivity contribution is 5.77. The number of methoxy groups -OCH3 is 1. The van der Waals surface area contributed by atoms with Crippen LogP contribution >= 0.6 is 0 Å². The first-order valence-electron chi connectivity index (χ1n) is 7.71. The number of benzene rings is 1. The molecule has 2 aromatic rings.